The van der Waals surface area contributed by atoms with Crippen LogP contribution < -0.4 is 5.32 Å². The van der Waals surface area contributed by atoms with Crippen molar-refractivity contribution in [2.24, 2.45) is 4.99 Å². The molecule has 3 nitrogen and oxygen atoms in total. The Bertz CT molecular complexity index is 273. The summed E-state index contributed by atoms with van der Waals surface area (Å²) in [6.07, 6.45) is -1.46. The minimum absolute atomic E-state index is 0.938. The summed E-state index contributed by atoms with van der Waals surface area (Å²) in [6, 6.07) is 1.07. The second kappa shape index (κ2) is 2.52. The van der Waals surface area contributed by atoms with E-state index in [9.17, 15) is 13.2 Å². The number of nitriles is 1. The Morgan fingerprint density at radius 1 is 1.50 bits per heavy atom. The highest BCUT2D eigenvalue weighted by atomic mass is 19.4. The highest BCUT2D eigenvalue weighted by molar-refractivity contribution is 5.73. The van der Waals surface area contributed by atoms with Crippen LogP contribution in [0.15, 0.2) is 17.3 Å². The Kier molecular flexibility index (Phi) is 1.80. The minimum Gasteiger partial charge on any atom is -0.348 e. The van der Waals surface area contributed by atoms with Crippen LogP contribution in [0.5, 0.6) is 0 Å². The van der Waals surface area contributed by atoms with E-state index in [1.807, 2.05) is 5.32 Å². The Morgan fingerprint density at radius 3 is 2.42 bits per heavy atom. The van der Waals surface area contributed by atoms with Gasteiger partial charge in [-0.05, 0) is 6.08 Å². The molecule has 6 heteroatoms. The fourth-order valence-electron chi connectivity index (χ4n) is 0.683. The first kappa shape index (κ1) is 8.59. The maximum absolute atomic E-state index is 12.2. The van der Waals surface area contributed by atoms with Gasteiger partial charge in [0.25, 0.3) is 0 Å². The van der Waals surface area contributed by atoms with Crippen LogP contribution in [0.1, 0.15) is 0 Å². The SMILES string of the molecule is N#CC1(C(F)(F)F)N=CC=CN1. The topological polar surface area (TPSA) is 48.2 Å². The van der Waals surface area contributed by atoms with Crippen LogP contribution in [0.25, 0.3) is 0 Å². The summed E-state index contributed by atoms with van der Waals surface area (Å²) < 4.78 is 36.5. The lowest BCUT2D eigenvalue weighted by molar-refractivity contribution is -0.173. The number of rotatable bonds is 0. The van der Waals surface area contributed by atoms with Crippen LogP contribution in [0.4, 0.5) is 13.2 Å². The second-order valence-corrected chi connectivity index (χ2v) is 2.10. The largest absolute Gasteiger partial charge is 0.446 e. The number of alkyl halides is 3. The van der Waals surface area contributed by atoms with Gasteiger partial charge in [-0.1, -0.05) is 0 Å². The molecule has 1 unspecified atom stereocenters. The molecule has 0 spiro atoms. The third kappa shape index (κ3) is 1.13. The van der Waals surface area contributed by atoms with Crippen LogP contribution in [0.2, 0.25) is 0 Å². The summed E-state index contributed by atoms with van der Waals surface area (Å²) in [6.45, 7) is 0. The first-order valence-electron chi connectivity index (χ1n) is 2.98. The lowest BCUT2D eigenvalue weighted by Gasteiger charge is -2.26. The first-order chi connectivity index (χ1) is 5.52. The lowest BCUT2D eigenvalue weighted by Crippen LogP contribution is -2.53. The van der Waals surface area contributed by atoms with Gasteiger partial charge in [0, 0.05) is 12.4 Å². The maximum Gasteiger partial charge on any atom is 0.446 e. The van der Waals surface area contributed by atoms with Gasteiger partial charge >= 0.3 is 11.8 Å². The number of nitrogens with zero attached hydrogens (tertiary/aromatic N) is 2. The van der Waals surface area contributed by atoms with Gasteiger partial charge in [0.15, 0.2) is 0 Å². The average molecular weight is 175 g/mol. The van der Waals surface area contributed by atoms with Gasteiger partial charge in [0.1, 0.15) is 6.07 Å². The van der Waals surface area contributed by atoms with Gasteiger partial charge in [-0.25, -0.2) is 4.99 Å². The van der Waals surface area contributed by atoms with Crippen LogP contribution >= 0.6 is 0 Å². The average Bonchev–Trinajstić information content (AvgIpc) is 2.04. The summed E-state index contributed by atoms with van der Waals surface area (Å²) in [4.78, 5) is 3.04. The molecule has 1 aliphatic rings. The molecular formula is C6H4F3N3. The highest BCUT2D eigenvalue weighted by Gasteiger charge is 2.56. The summed E-state index contributed by atoms with van der Waals surface area (Å²) in [5.41, 5.74) is -2.80. The Balaban J connectivity index is 3.02. The van der Waals surface area contributed by atoms with Crippen molar-refractivity contribution in [3.63, 3.8) is 0 Å². The molecule has 64 valence electrons. The fourth-order valence-corrected chi connectivity index (χ4v) is 0.683. The van der Waals surface area contributed by atoms with E-state index in [1.54, 1.807) is 0 Å². The molecule has 0 aromatic carbocycles. The third-order valence-corrected chi connectivity index (χ3v) is 1.31. The highest BCUT2D eigenvalue weighted by Crippen LogP contribution is 2.31. The predicted molar refractivity (Wildman–Crippen MR) is 35.2 cm³/mol. The molecule has 1 aliphatic heterocycles. The quantitative estimate of drug-likeness (QED) is 0.596. The third-order valence-electron chi connectivity index (χ3n) is 1.31. The van der Waals surface area contributed by atoms with Gasteiger partial charge in [-0.2, -0.15) is 18.4 Å². The number of hydrogen-bond donors (Lipinski definition) is 1. The normalized spacial score (nSPS) is 27.8. The molecule has 1 rings (SSSR count). The summed E-state index contributed by atoms with van der Waals surface area (Å²) >= 11 is 0. The van der Waals surface area contributed by atoms with Crippen molar-refractivity contribution in [2.75, 3.05) is 0 Å². The van der Waals surface area contributed by atoms with Gasteiger partial charge in [-0.3, -0.25) is 0 Å². The minimum atomic E-state index is -4.71. The molecule has 1 N–H and O–H groups in total. The Labute approximate surface area is 66.2 Å². The predicted octanol–water partition coefficient (Wildman–Crippen LogP) is 0.956. The smallest absolute Gasteiger partial charge is 0.348 e. The van der Waals surface area contributed by atoms with Crippen molar-refractivity contribution in [3.05, 3.63) is 12.3 Å². The number of hydrogen-bond acceptors (Lipinski definition) is 3. The van der Waals surface area contributed by atoms with E-state index in [4.69, 9.17) is 5.26 Å². The number of nitrogens with one attached hydrogen (secondary N) is 1. The van der Waals surface area contributed by atoms with Crippen LogP contribution in [-0.4, -0.2) is 18.1 Å². The Hall–Kier alpha value is -1.51. The van der Waals surface area contributed by atoms with Crippen LogP contribution in [0, 0.1) is 11.3 Å². The molecule has 0 aromatic heterocycles. The van der Waals surface area contributed by atoms with Crippen LogP contribution in [-0.2, 0) is 0 Å². The fraction of sp³-hybridized carbons (Fsp3) is 0.333. The number of aliphatic imine (C=N–C) groups is 1. The van der Waals surface area contributed by atoms with Gasteiger partial charge in [0.2, 0.25) is 0 Å². The van der Waals surface area contributed by atoms with E-state index in [0.717, 1.165) is 18.5 Å². The summed E-state index contributed by atoms with van der Waals surface area (Å²) in [5, 5.41) is 10.2. The van der Waals surface area contributed by atoms with Crippen molar-refractivity contribution in [1.82, 2.24) is 5.32 Å². The van der Waals surface area contributed by atoms with Gasteiger partial charge in [0.05, 0.1) is 0 Å². The van der Waals surface area contributed by atoms with E-state index in [0.29, 0.717) is 0 Å². The lowest BCUT2D eigenvalue weighted by atomic mass is 10.2. The van der Waals surface area contributed by atoms with E-state index >= 15 is 0 Å². The molecular weight excluding hydrogens is 171 g/mol. The maximum atomic E-state index is 12.2. The van der Waals surface area contributed by atoms with Crippen LogP contribution in [0.3, 0.4) is 0 Å². The monoisotopic (exact) mass is 175 g/mol. The molecule has 0 aliphatic carbocycles. The molecule has 12 heavy (non-hydrogen) atoms. The Morgan fingerprint density at radius 2 is 2.17 bits per heavy atom. The van der Waals surface area contributed by atoms with Crippen molar-refractivity contribution >= 4 is 6.21 Å². The molecule has 0 fully saturated rings. The standard InChI is InChI=1S/C6H4F3N3/c7-6(8,9)5(4-10)11-2-1-3-12-5/h1-3,11H. The van der Waals surface area contributed by atoms with Crippen molar-refractivity contribution < 1.29 is 13.2 Å². The zero-order valence-electron chi connectivity index (χ0n) is 5.76. The molecule has 1 heterocycles. The van der Waals surface area contributed by atoms with Gasteiger partial charge in [-0.15, -0.1) is 0 Å². The molecule has 0 saturated carbocycles. The van der Waals surface area contributed by atoms with E-state index in [2.05, 4.69) is 4.99 Å². The molecule has 1 atom stereocenters. The molecule has 0 radical (unpaired) electrons. The number of halogens is 3. The van der Waals surface area contributed by atoms with Crippen molar-refractivity contribution in [2.45, 2.75) is 11.8 Å². The van der Waals surface area contributed by atoms with Crippen molar-refractivity contribution in [1.29, 1.82) is 5.26 Å². The second-order valence-electron chi connectivity index (χ2n) is 2.10. The summed E-state index contributed by atoms with van der Waals surface area (Å²) in [7, 11) is 0. The first-order valence-corrected chi connectivity index (χ1v) is 2.98. The molecule has 0 bridgehead atoms. The molecule has 0 saturated heterocycles. The number of allylic oxidation sites excluding steroid dienone is 1. The van der Waals surface area contributed by atoms with E-state index in [-0.39, 0.29) is 0 Å². The zero-order valence-corrected chi connectivity index (χ0v) is 5.76. The zero-order chi connectivity index (χ0) is 9.24. The van der Waals surface area contributed by atoms with Gasteiger partial charge < -0.3 is 5.32 Å². The molecule has 0 amide bonds. The molecule has 0 aromatic rings. The van der Waals surface area contributed by atoms with Crippen molar-refractivity contribution in [3.8, 4) is 6.07 Å². The summed E-state index contributed by atoms with van der Waals surface area (Å²) in [5.74, 6) is 0. The van der Waals surface area contributed by atoms with E-state index < -0.39 is 11.8 Å². The van der Waals surface area contributed by atoms with E-state index in [1.165, 1.54) is 6.08 Å².